The molecule has 0 N–H and O–H groups in total. The molecule has 2 aromatic carbocycles. The lowest BCUT2D eigenvalue weighted by Gasteiger charge is -2.21. The second-order valence-electron chi connectivity index (χ2n) is 7.66. The quantitative estimate of drug-likeness (QED) is 0.267. The summed E-state index contributed by atoms with van der Waals surface area (Å²) in [6.45, 7) is 1.59. The Hall–Kier alpha value is -2.29. The summed E-state index contributed by atoms with van der Waals surface area (Å²) in [7, 11) is 7.42. The number of fused-ring (bicyclic) bond motifs is 1. The van der Waals surface area contributed by atoms with Crippen LogP contribution in [-0.4, -0.2) is 62.9 Å². The van der Waals surface area contributed by atoms with Gasteiger partial charge in [-0.1, -0.05) is 11.3 Å². The second kappa shape index (κ2) is 12.1. The lowest BCUT2D eigenvalue weighted by molar-refractivity contribution is -0.118. The van der Waals surface area contributed by atoms with Gasteiger partial charge < -0.3 is 14.4 Å². The third-order valence-electron chi connectivity index (χ3n) is 4.97. The molecule has 0 saturated heterocycles. The van der Waals surface area contributed by atoms with E-state index in [1.165, 1.54) is 4.90 Å². The molecule has 0 radical (unpaired) electrons. The smallest absolute Gasteiger partial charge is 0.228 e. The third-order valence-corrected chi connectivity index (χ3v) is 7.11. The Bertz CT molecular complexity index is 1010. The minimum absolute atomic E-state index is 0.130. The van der Waals surface area contributed by atoms with Gasteiger partial charge in [-0.25, -0.2) is 4.98 Å². The zero-order chi connectivity index (χ0) is 22.9. The first-order chi connectivity index (χ1) is 15.5. The zero-order valence-corrected chi connectivity index (χ0v) is 20.8. The maximum Gasteiger partial charge on any atom is 0.228 e. The van der Waals surface area contributed by atoms with E-state index in [1.54, 1.807) is 37.3 Å². The molecule has 0 fully saturated rings. The highest BCUT2D eigenvalue weighted by atomic mass is 32.2. The average Bonchev–Trinajstić information content (AvgIpc) is 3.22. The maximum absolute atomic E-state index is 13.1. The summed E-state index contributed by atoms with van der Waals surface area (Å²) in [5.74, 6) is 2.67. The summed E-state index contributed by atoms with van der Waals surface area (Å²) in [6, 6.07) is 13.8. The Morgan fingerprint density at radius 3 is 2.41 bits per heavy atom. The molecule has 1 heterocycles. The molecule has 0 saturated carbocycles. The largest absolute Gasteiger partial charge is 0.497 e. The van der Waals surface area contributed by atoms with Crippen LogP contribution >= 0.6 is 23.1 Å². The number of anilines is 1. The van der Waals surface area contributed by atoms with Gasteiger partial charge in [0.05, 0.1) is 24.4 Å². The molecule has 0 aliphatic rings. The lowest BCUT2D eigenvalue weighted by atomic mass is 10.3. The number of hydrogen-bond donors (Lipinski definition) is 0. The van der Waals surface area contributed by atoms with Gasteiger partial charge in [-0.05, 0) is 81.7 Å². The fourth-order valence-corrected chi connectivity index (χ4v) is 5.12. The Morgan fingerprint density at radius 2 is 1.72 bits per heavy atom. The molecular formula is C24H31N3O3S2. The van der Waals surface area contributed by atoms with E-state index < -0.39 is 0 Å². The highest BCUT2D eigenvalue weighted by molar-refractivity contribution is 7.99. The number of ether oxygens (including phenoxy) is 2. The van der Waals surface area contributed by atoms with Gasteiger partial charge in [0.1, 0.15) is 11.5 Å². The summed E-state index contributed by atoms with van der Waals surface area (Å²) in [5, 5.41) is 0.764. The first kappa shape index (κ1) is 24.4. The Labute approximate surface area is 198 Å². The van der Waals surface area contributed by atoms with Crippen molar-refractivity contribution in [2.75, 3.05) is 52.1 Å². The van der Waals surface area contributed by atoms with Crippen LogP contribution < -0.4 is 14.4 Å². The van der Waals surface area contributed by atoms with Crippen LogP contribution in [0.5, 0.6) is 11.5 Å². The van der Waals surface area contributed by atoms with Crippen LogP contribution in [0.1, 0.15) is 19.3 Å². The van der Waals surface area contributed by atoms with Gasteiger partial charge in [-0.15, -0.1) is 11.8 Å². The van der Waals surface area contributed by atoms with Crippen molar-refractivity contribution >= 4 is 44.4 Å². The molecule has 0 bridgehead atoms. The SMILES string of the molecule is COc1ccc(SCCCC(=O)N(CCCN(C)C)c2nc3ccc(OC)cc3s2)cc1. The van der Waals surface area contributed by atoms with Gasteiger partial charge in [-0.3, -0.25) is 9.69 Å². The van der Waals surface area contributed by atoms with E-state index in [0.29, 0.717) is 13.0 Å². The van der Waals surface area contributed by atoms with E-state index in [-0.39, 0.29) is 5.91 Å². The van der Waals surface area contributed by atoms with Gasteiger partial charge >= 0.3 is 0 Å². The molecule has 1 amide bonds. The summed E-state index contributed by atoms with van der Waals surface area (Å²) in [6.07, 6.45) is 2.22. The molecule has 32 heavy (non-hydrogen) atoms. The lowest BCUT2D eigenvalue weighted by Crippen LogP contribution is -2.33. The zero-order valence-electron chi connectivity index (χ0n) is 19.2. The normalized spacial score (nSPS) is 11.2. The monoisotopic (exact) mass is 473 g/mol. The van der Waals surface area contributed by atoms with Gasteiger partial charge in [-0.2, -0.15) is 0 Å². The van der Waals surface area contributed by atoms with Gasteiger partial charge in [0, 0.05) is 17.9 Å². The molecule has 0 spiro atoms. The number of carbonyl (C=O) groups is 1. The van der Waals surface area contributed by atoms with Crippen LogP contribution in [0.25, 0.3) is 10.2 Å². The van der Waals surface area contributed by atoms with Gasteiger partial charge in [0.2, 0.25) is 5.91 Å². The Balaban J connectivity index is 1.62. The van der Waals surface area contributed by atoms with Crippen molar-refractivity contribution in [3.05, 3.63) is 42.5 Å². The van der Waals surface area contributed by atoms with Crippen molar-refractivity contribution < 1.29 is 14.3 Å². The highest BCUT2D eigenvalue weighted by Gasteiger charge is 2.19. The van der Waals surface area contributed by atoms with E-state index in [1.807, 2.05) is 61.5 Å². The molecule has 0 unspecified atom stereocenters. The molecule has 3 aromatic rings. The minimum atomic E-state index is 0.130. The molecule has 1 aromatic heterocycles. The highest BCUT2D eigenvalue weighted by Crippen LogP contribution is 2.32. The van der Waals surface area contributed by atoms with Crippen LogP contribution in [-0.2, 0) is 4.79 Å². The van der Waals surface area contributed by atoms with Crippen LogP contribution in [0.15, 0.2) is 47.4 Å². The first-order valence-corrected chi connectivity index (χ1v) is 12.5. The molecule has 0 aliphatic heterocycles. The molecule has 0 aliphatic carbocycles. The van der Waals surface area contributed by atoms with Crippen LogP contribution in [0.3, 0.4) is 0 Å². The number of aromatic nitrogens is 1. The number of nitrogens with zero attached hydrogens (tertiary/aromatic N) is 3. The number of benzene rings is 2. The van der Waals surface area contributed by atoms with Crippen molar-refractivity contribution in [3.63, 3.8) is 0 Å². The van der Waals surface area contributed by atoms with E-state index in [2.05, 4.69) is 4.90 Å². The number of carbonyl (C=O) groups excluding carboxylic acids is 1. The number of thioether (sulfide) groups is 1. The fourth-order valence-electron chi connectivity index (χ4n) is 3.23. The van der Waals surface area contributed by atoms with Crippen molar-refractivity contribution in [1.29, 1.82) is 0 Å². The molecule has 3 rings (SSSR count). The average molecular weight is 474 g/mol. The van der Waals surface area contributed by atoms with E-state index >= 15 is 0 Å². The number of amides is 1. The van der Waals surface area contributed by atoms with Gasteiger partial charge in [0.15, 0.2) is 5.13 Å². The number of thiazole rings is 1. The van der Waals surface area contributed by atoms with Crippen LogP contribution in [0.4, 0.5) is 5.13 Å². The summed E-state index contributed by atoms with van der Waals surface area (Å²) in [5.41, 5.74) is 0.895. The molecule has 0 atom stereocenters. The predicted octanol–water partition coefficient (Wildman–Crippen LogP) is 5.17. The summed E-state index contributed by atoms with van der Waals surface area (Å²) >= 11 is 3.30. The minimum Gasteiger partial charge on any atom is -0.497 e. The van der Waals surface area contributed by atoms with Crippen LogP contribution in [0, 0.1) is 0 Å². The van der Waals surface area contributed by atoms with Gasteiger partial charge in [0.25, 0.3) is 0 Å². The summed E-state index contributed by atoms with van der Waals surface area (Å²) < 4.78 is 11.6. The summed E-state index contributed by atoms with van der Waals surface area (Å²) in [4.78, 5) is 23.1. The Morgan fingerprint density at radius 1 is 1.00 bits per heavy atom. The maximum atomic E-state index is 13.1. The molecular weight excluding hydrogens is 442 g/mol. The molecule has 8 heteroatoms. The second-order valence-corrected chi connectivity index (χ2v) is 9.84. The Kier molecular flexibility index (Phi) is 9.20. The topological polar surface area (TPSA) is 54.9 Å². The van der Waals surface area contributed by atoms with Crippen LogP contribution in [0.2, 0.25) is 0 Å². The van der Waals surface area contributed by atoms with Crippen molar-refractivity contribution in [2.45, 2.75) is 24.2 Å². The van der Waals surface area contributed by atoms with Crippen molar-refractivity contribution in [3.8, 4) is 11.5 Å². The fraction of sp³-hybridized carbons (Fsp3) is 0.417. The number of methoxy groups -OCH3 is 2. The third kappa shape index (κ3) is 6.85. The predicted molar refractivity (Wildman–Crippen MR) is 135 cm³/mol. The van der Waals surface area contributed by atoms with Crippen molar-refractivity contribution in [2.24, 2.45) is 0 Å². The van der Waals surface area contributed by atoms with E-state index in [9.17, 15) is 4.79 Å². The number of rotatable bonds is 12. The number of hydrogen-bond acceptors (Lipinski definition) is 7. The molecule has 6 nitrogen and oxygen atoms in total. The first-order valence-electron chi connectivity index (χ1n) is 10.7. The molecule has 172 valence electrons. The van der Waals surface area contributed by atoms with Crippen molar-refractivity contribution in [1.82, 2.24) is 9.88 Å². The standard InChI is InChI=1S/C24H31N3O3S2/c1-26(2)14-6-15-27(24-25-21-13-10-19(30-4)17-22(21)32-24)23(28)7-5-16-31-20-11-8-18(29-3)9-12-20/h8-13,17H,5-7,14-16H2,1-4H3. The van der Waals surface area contributed by atoms with E-state index in [4.69, 9.17) is 14.5 Å². The van der Waals surface area contributed by atoms with E-state index in [0.717, 1.165) is 52.0 Å².